The van der Waals surface area contributed by atoms with E-state index in [2.05, 4.69) is 52.3 Å². The molecule has 2 aromatic rings. The smallest absolute Gasteiger partial charge is 0.0660 e. The summed E-state index contributed by atoms with van der Waals surface area (Å²) in [5.74, 6) is 0. The topological polar surface area (TPSA) is 20.2 Å². The lowest BCUT2D eigenvalue weighted by Gasteiger charge is -2.23. The highest BCUT2D eigenvalue weighted by molar-refractivity contribution is 9.10. The number of hydrogen-bond donors (Lipinski definition) is 1. The molecule has 1 unspecified atom stereocenters. The van der Waals surface area contributed by atoms with Crippen LogP contribution in [0.1, 0.15) is 30.9 Å². The van der Waals surface area contributed by atoms with Gasteiger partial charge in [-0.25, -0.2) is 0 Å². The molecule has 0 heterocycles. The van der Waals surface area contributed by atoms with Crippen molar-refractivity contribution in [2.45, 2.75) is 38.2 Å². The minimum absolute atomic E-state index is 0.636. The summed E-state index contributed by atoms with van der Waals surface area (Å²) in [5.41, 5.74) is 1.88. The van der Waals surface area contributed by atoms with Gasteiger partial charge < -0.3 is 5.11 Å². The van der Waals surface area contributed by atoms with Gasteiger partial charge in [0.05, 0.1) is 5.60 Å². The van der Waals surface area contributed by atoms with E-state index in [4.69, 9.17) is 0 Å². The van der Waals surface area contributed by atoms with E-state index in [0.717, 1.165) is 23.7 Å². The van der Waals surface area contributed by atoms with E-state index in [9.17, 15) is 5.11 Å². The highest BCUT2D eigenvalue weighted by Crippen LogP contribution is 2.21. The molecule has 0 aliphatic rings. The summed E-state index contributed by atoms with van der Waals surface area (Å²) in [6.45, 7) is 1.93. The Kier molecular flexibility index (Phi) is 5.38. The van der Waals surface area contributed by atoms with Crippen LogP contribution in [0.3, 0.4) is 0 Å². The van der Waals surface area contributed by atoms with Crippen LogP contribution in [0.5, 0.6) is 0 Å². The van der Waals surface area contributed by atoms with Crippen molar-refractivity contribution in [1.82, 2.24) is 0 Å². The summed E-state index contributed by atoms with van der Waals surface area (Å²) in [6, 6.07) is 18.6. The first-order valence-electron chi connectivity index (χ1n) is 7.06. The molecule has 2 aromatic carbocycles. The first kappa shape index (κ1) is 15.3. The minimum Gasteiger partial charge on any atom is -0.390 e. The van der Waals surface area contributed by atoms with Crippen molar-refractivity contribution >= 4 is 15.9 Å². The van der Waals surface area contributed by atoms with Crippen LogP contribution in [0.25, 0.3) is 0 Å². The fraction of sp³-hybridized carbons (Fsp3) is 0.333. The van der Waals surface area contributed by atoms with Gasteiger partial charge in [-0.2, -0.15) is 0 Å². The fourth-order valence-corrected chi connectivity index (χ4v) is 2.71. The molecule has 1 atom stereocenters. The Bertz CT molecular complexity index is 517. The lowest BCUT2D eigenvalue weighted by molar-refractivity contribution is 0.0493. The third-order valence-electron chi connectivity index (χ3n) is 3.52. The number of halogens is 1. The highest BCUT2D eigenvalue weighted by atomic mass is 79.9. The van der Waals surface area contributed by atoms with Crippen molar-refractivity contribution in [3.05, 3.63) is 70.2 Å². The summed E-state index contributed by atoms with van der Waals surface area (Å²) in [5, 5.41) is 10.5. The largest absolute Gasteiger partial charge is 0.390 e. The zero-order valence-corrected chi connectivity index (χ0v) is 13.4. The van der Waals surface area contributed by atoms with E-state index in [1.807, 2.05) is 25.1 Å². The molecule has 0 saturated carbocycles. The highest BCUT2D eigenvalue weighted by Gasteiger charge is 2.20. The molecule has 0 fully saturated rings. The maximum absolute atomic E-state index is 10.5. The normalized spacial score (nSPS) is 13.9. The van der Waals surface area contributed by atoms with Crippen molar-refractivity contribution in [2.24, 2.45) is 0 Å². The predicted molar refractivity (Wildman–Crippen MR) is 87.8 cm³/mol. The van der Waals surface area contributed by atoms with Gasteiger partial charge in [0.2, 0.25) is 0 Å². The maximum atomic E-state index is 10.5. The fourth-order valence-electron chi connectivity index (χ4n) is 2.45. The summed E-state index contributed by atoms with van der Waals surface area (Å²) in [7, 11) is 0. The molecule has 0 spiro atoms. The Morgan fingerprint density at radius 1 is 0.950 bits per heavy atom. The summed E-state index contributed by atoms with van der Waals surface area (Å²) in [4.78, 5) is 0. The molecule has 20 heavy (non-hydrogen) atoms. The zero-order chi connectivity index (χ0) is 14.4. The van der Waals surface area contributed by atoms with Crippen LogP contribution < -0.4 is 0 Å². The molecule has 0 aliphatic carbocycles. The Labute approximate surface area is 129 Å². The van der Waals surface area contributed by atoms with E-state index in [1.165, 1.54) is 11.1 Å². The first-order chi connectivity index (χ1) is 9.55. The van der Waals surface area contributed by atoms with Gasteiger partial charge in [-0.1, -0.05) is 58.4 Å². The second-order valence-corrected chi connectivity index (χ2v) is 6.56. The third kappa shape index (κ3) is 5.10. The second-order valence-electron chi connectivity index (χ2n) is 5.64. The Morgan fingerprint density at radius 2 is 1.60 bits per heavy atom. The Hall–Kier alpha value is -1.12. The predicted octanol–water partition coefficient (Wildman–Crippen LogP) is 4.77. The zero-order valence-electron chi connectivity index (χ0n) is 11.8. The third-order valence-corrected chi connectivity index (χ3v) is 4.05. The van der Waals surface area contributed by atoms with Crippen molar-refractivity contribution in [1.29, 1.82) is 0 Å². The van der Waals surface area contributed by atoms with Crippen LogP contribution in [0.15, 0.2) is 59.1 Å². The number of benzene rings is 2. The summed E-state index contributed by atoms with van der Waals surface area (Å²) < 4.78 is 1.07. The van der Waals surface area contributed by atoms with Crippen LogP contribution >= 0.6 is 15.9 Å². The average molecular weight is 333 g/mol. The summed E-state index contributed by atoms with van der Waals surface area (Å²) in [6.07, 6.45) is 3.55. The van der Waals surface area contributed by atoms with E-state index in [0.29, 0.717) is 6.42 Å². The standard InChI is InChI=1S/C18H21BrO/c1-18(20,14-16-9-11-17(19)12-10-16)13-5-8-15-6-3-2-4-7-15/h2-4,6-7,9-12,20H,5,8,13-14H2,1H3. The molecule has 106 valence electrons. The molecule has 1 nitrogen and oxygen atoms in total. The van der Waals surface area contributed by atoms with Gasteiger partial charge >= 0.3 is 0 Å². The van der Waals surface area contributed by atoms with E-state index < -0.39 is 5.60 Å². The molecular weight excluding hydrogens is 312 g/mol. The molecule has 2 heteroatoms. The van der Waals surface area contributed by atoms with Gasteiger partial charge in [0.25, 0.3) is 0 Å². The summed E-state index contributed by atoms with van der Waals surface area (Å²) >= 11 is 3.43. The lowest BCUT2D eigenvalue weighted by Crippen LogP contribution is -2.27. The average Bonchev–Trinajstić information content (AvgIpc) is 2.42. The van der Waals surface area contributed by atoms with Crippen molar-refractivity contribution in [3.63, 3.8) is 0 Å². The van der Waals surface area contributed by atoms with Crippen LogP contribution in [0.4, 0.5) is 0 Å². The molecule has 0 aliphatic heterocycles. The van der Waals surface area contributed by atoms with Gasteiger partial charge in [0.1, 0.15) is 0 Å². The molecule has 0 amide bonds. The Morgan fingerprint density at radius 3 is 2.25 bits per heavy atom. The van der Waals surface area contributed by atoms with Crippen LogP contribution in [-0.2, 0) is 12.8 Å². The van der Waals surface area contributed by atoms with Crippen molar-refractivity contribution < 1.29 is 5.11 Å². The minimum atomic E-state index is -0.636. The van der Waals surface area contributed by atoms with E-state index in [1.54, 1.807) is 0 Å². The van der Waals surface area contributed by atoms with Gasteiger partial charge in [0.15, 0.2) is 0 Å². The van der Waals surface area contributed by atoms with Gasteiger partial charge in [0, 0.05) is 10.9 Å². The number of hydrogen-bond acceptors (Lipinski definition) is 1. The van der Waals surface area contributed by atoms with E-state index in [-0.39, 0.29) is 0 Å². The number of rotatable bonds is 6. The van der Waals surface area contributed by atoms with Crippen LogP contribution in [0, 0.1) is 0 Å². The van der Waals surface area contributed by atoms with Crippen LogP contribution in [-0.4, -0.2) is 10.7 Å². The number of aliphatic hydroxyl groups is 1. The molecule has 0 bridgehead atoms. The van der Waals surface area contributed by atoms with Gasteiger partial charge in [-0.05, 0) is 49.4 Å². The lowest BCUT2D eigenvalue weighted by atomic mass is 9.90. The van der Waals surface area contributed by atoms with Crippen molar-refractivity contribution in [3.8, 4) is 0 Å². The first-order valence-corrected chi connectivity index (χ1v) is 7.85. The Balaban J connectivity index is 1.83. The molecule has 0 aromatic heterocycles. The maximum Gasteiger partial charge on any atom is 0.0660 e. The molecule has 0 radical (unpaired) electrons. The second kappa shape index (κ2) is 7.05. The van der Waals surface area contributed by atoms with Crippen molar-refractivity contribution in [2.75, 3.05) is 0 Å². The molecule has 1 N–H and O–H groups in total. The monoisotopic (exact) mass is 332 g/mol. The number of aryl methyl sites for hydroxylation is 1. The quantitative estimate of drug-likeness (QED) is 0.808. The van der Waals surface area contributed by atoms with Gasteiger partial charge in [-0.3, -0.25) is 0 Å². The van der Waals surface area contributed by atoms with Crippen LogP contribution in [0.2, 0.25) is 0 Å². The van der Waals surface area contributed by atoms with E-state index >= 15 is 0 Å². The van der Waals surface area contributed by atoms with Gasteiger partial charge in [-0.15, -0.1) is 0 Å². The molecule has 0 saturated heterocycles. The molecule has 2 rings (SSSR count). The SMILES string of the molecule is CC(O)(CCCc1ccccc1)Cc1ccc(Br)cc1. The molecular formula is C18H21BrO.